The minimum Gasteiger partial charge on any atom is -0.361 e. The standard InChI is InChI=1S/C17H21N7O3S/c1-10-14(12(3)26-20-10)16-18-13(21-27-16)9-23-5-4-6-24(8-7-23)17(25)15-11(2)19-22-28-15/h4-9H2,1-3H3. The van der Waals surface area contributed by atoms with Gasteiger partial charge in [0.25, 0.3) is 11.8 Å². The highest BCUT2D eigenvalue weighted by molar-refractivity contribution is 7.07. The number of aryl methyl sites for hydroxylation is 3. The van der Waals surface area contributed by atoms with Crippen molar-refractivity contribution in [2.45, 2.75) is 33.7 Å². The van der Waals surface area contributed by atoms with Crippen LogP contribution in [0.3, 0.4) is 0 Å². The number of hydrogen-bond acceptors (Lipinski definition) is 10. The molecule has 28 heavy (non-hydrogen) atoms. The predicted octanol–water partition coefficient (Wildman–Crippen LogP) is 1.85. The van der Waals surface area contributed by atoms with E-state index in [1.54, 1.807) is 0 Å². The first-order chi connectivity index (χ1) is 13.5. The summed E-state index contributed by atoms with van der Waals surface area (Å²) in [5.74, 6) is 1.70. The van der Waals surface area contributed by atoms with Gasteiger partial charge in [0.05, 0.1) is 17.9 Å². The van der Waals surface area contributed by atoms with E-state index in [0.717, 1.165) is 42.3 Å². The Labute approximate surface area is 165 Å². The fraction of sp³-hybridized carbons (Fsp3) is 0.529. The topological polar surface area (TPSA) is 114 Å². The number of rotatable bonds is 4. The molecule has 1 amide bonds. The molecule has 4 heterocycles. The van der Waals surface area contributed by atoms with Crippen molar-refractivity contribution in [2.24, 2.45) is 0 Å². The van der Waals surface area contributed by atoms with E-state index in [1.165, 1.54) is 0 Å². The molecule has 0 bridgehead atoms. The van der Waals surface area contributed by atoms with E-state index in [1.807, 2.05) is 25.7 Å². The highest BCUT2D eigenvalue weighted by atomic mass is 32.1. The maximum Gasteiger partial charge on any atom is 0.267 e. The lowest BCUT2D eigenvalue weighted by Gasteiger charge is -2.20. The molecule has 3 aromatic rings. The number of carbonyl (C=O) groups excluding carboxylic acids is 1. The fourth-order valence-corrected chi connectivity index (χ4v) is 3.94. The molecular weight excluding hydrogens is 382 g/mol. The second kappa shape index (κ2) is 7.76. The quantitative estimate of drug-likeness (QED) is 0.643. The van der Waals surface area contributed by atoms with Crippen LogP contribution in [-0.2, 0) is 6.54 Å². The molecular formula is C17H21N7O3S. The molecule has 0 aliphatic carbocycles. The molecule has 0 atom stereocenters. The molecule has 0 unspecified atom stereocenters. The number of aromatic nitrogens is 5. The molecule has 1 aliphatic heterocycles. The largest absolute Gasteiger partial charge is 0.361 e. The minimum absolute atomic E-state index is 0.00889. The van der Waals surface area contributed by atoms with Gasteiger partial charge in [-0.05, 0) is 38.7 Å². The van der Waals surface area contributed by atoms with Crippen molar-refractivity contribution in [3.8, 4) is 11.5 Å². The van der Waals surface area contributed by atoms with Gasteiger partial charge in [-0.15, -0.1) is 5.10 Å². The molecule has 1 saturated heterocycles. The highest BCUT2D eigenvalue weighted by Crippen LogP contribution is 2.25. The molecule has 10 nitrogen and oxygen atoms in total. The molecule has 148 valence electrons. The lowest BCUT2D eigenvalue weighted by molar-refractivity contribution is 0.0765. The second-order valence-electron chi connectivity index (χ2n) is 6.82. The van der Waals surface area contributed by atoms with Crippen LogP contribution < -0.4 is 0 Å². The van der Waals surface area contributed by atoms with Gasteiger partial charge in [-0.3, -0.25) is 9.69 Å². The van der Waals surface area contributed by atoms with E-state index in [9.17, 15) is 4.79 Å². The van der Waals surface area contributed by atoms with Gasteiger partial charge in [0.1, 0.15) is 16.2 Å². The third-order valence-corrected chi connectivity index (χ3v) is 5.62. The Morgan fingerprint density at radius 2 is 1.93 bits per heavy atom. The highest BCUT2D eigenvalue weighted by Gasteiger charge is 2.25. The Kier molecular flexibility index (Phi) is 5.18. The number of amides is 1. The third kappa shape index (κ3) is 3.67. The molecule has 0 aromatic carbocycles. The summed E-state index contributed by atoms with van der Waals surface area (Å²) in [7, 11) is 0. The van der Waals surface area contributed by atoms with Crippen molar-refractivity contribution in [1.82, 2.24) is 34.7 Å². The summed E-state index contributed by atoms with van der Waals surface area (Å²) >= 11 is 1.15. The summed E-state index contributed by atoms with van der Waals surface area (Å²) in [5, 5.41) is 12.0. The Balaban J connectivity index is 1.39. The van der Waals surface area contributed by atoms with E-state index in [0.29, 0.717) is 47.7 Å². The smallest absolute Gasteiger partial charge is 0.267 e. The van der Waals surface area contributed by atoms with Crippen molar-refractivity contribution < 1.29 is 13.8 Å². The maximum atomic E-state index is 12.7. The van der Waals surface area contributed by atoms with Gasteiger partial charge in [0.2, 0.25) is 0 Å². The number of carbonyl (C=O) groups is 1. The Morgan fingerprint density at radius 1 is 1.07 bits per heavy atom. The molecule has 1 aliphatic rings. The molecule has 0 radical (unpaired) electrons. The van der Waals surface area contributed by atoms with Gasteiger partial charge in [-0.2, -0.15) is 4.98 Å². The van der Waals surface area contributed by atoms with Gasteiger partial charge in [0.15, 0.2) is 5.82 Å². The van der Waals surface area contributed by atoms with Gasteiger partial charge in [-0.25, -0.2) is 0 Å². The maximum absolute atomic E-state index is 12.7. The van der Waals surface area contributed by atoms with Crippen LogP contribution in [0.2, 0.25) is 0 Å². The molecule has 1 fully saturated rings. The number of nitrogens with zero attached hydrogens (tertiary/aromatic N) is 7. The van der Waals surface area contributed by atoms with Gasteiger partial charge in [0, 0.05) is 26.2 Å². The van der Waals surface area contributed by atoms with Crippen LogP contribution in [0.15, 0.2) is 9.05 Å². The van der Waals surface area contributed by atoms with Crippen molar-refractivity contribution in [1.29, 1.82) is 0 Å². The Morgan fingerprint density at radius 3 is 2.64 bits per heavy atom. The van der Waals surface area contributed by atoms with Gasteiger partial charge < -0.3 is 13.9 Å². The zero-order valence-electron chi connectivity index (χ0n) is 16.0. The van der Waals surface area contributed by atoms with Crippen molar-refractivity contribution >= 4 is 17.4 Å². The average molecular weight is 403 g/mol. The average Bonchev–Trinajstić information content (AvgIpc) is 3.33. The van der Waals surface area contributed by atoms with Gasteiger partial charge >= 0.3 is 0 Å². The van der Waals surface area contributed by atoms with Crippen molar-refractivity contribution in [3.63, 3.8) is 0 Å². The van der Waals surface area contributed by atoms with E-state index >= 15 is 0 Å². The van der Waals surface area contributed by atoms with Crippen molar-refractivity contribution in [3.05, 3.63) is 27.8 Å². The van der Waals surface area contributed by atoms with Crippen LogP contribution in [-0.4, -0.2) is 66.8 Å². The van der Waals surface area contributed by atoms with Gasteiger partial charge in [-0.1, -0.05) is 14.8 Å². The normalized spacial score (nSPS) is 15.8. The molecule has 3 aromatic heterocycles. The second-order valence-corrected chi connectivity index (χ2v) is 7.58. The first-order valence-corrected chi connectivity index (χ1v) is 9.86. The van der Waals surface area contributed by atoms with Crippen LogP contribution in [0.25, 0.3) is 11.5 Å². The fourth-order valence-electron chi connectivity index (χ4n) is 3.31. The zero-order valence-corrected chi connectivity index (χ0v) is 16.8. The molecule has 0 saturated carbocycles. The molecule has 11 heteroatoms. The number of hydrogen-bond donors (Lipinski definition) is 0. The molecule has 0 spiro atoms. The lowest BCUT2D eigenvalue weighted by atomic mass is 10.2. The first-order valence-electron chi connectivity index (χ1n) is 9.09. The summed E-state index contributed by atoms with van der Waals surface area (Å²) in [4.78, 5) is 21.9. The van der Waals surface area contributed by atoms with Crippen LogP contribution in [0.1, 0.15) is 39.1 Å². The van der Waals surface area contributed by atoms with E-state index in [2.05, 4.69) is 29.8 Å². The van der Waals surface area contributed by atoms with Crippen LogP contribution in [0, 0.1) is 20.8 Å². The summed E-state index contributed by atoms with van der Waals surface area (Å²) in [6.45, 7) is 9.00. The van der Waals surface area contributed by atoms with E-state index in [4.69, 9.17) is 9.05 Å². The Hall–Kier alpha value is -2.66. The van der Waals surface area contributed by atoms with Crippen molar-refractivity contribution in [2.75, 3.05) is 26.2 Å². The third-order valence-electron chi connectivity index (χ3n) is 4.80. The predicted molar refractivity (Wildman–Crippen MR) is 99.7 cm³/mol. The zero-order chi connectivity index (χ0) is 19.7. The minimum atomic E-state index is 0.00889. The summed E-state index contributed by atoms with van der Waals surface area (Å²) in [5.41, 5.74) is 2.17. The lowest BCUT2D eigenvalue weighted by Crippen LogP contribution is -2.35. The van der Waals surface area contributed by atoms with E-state index < -0.39 is 0 Å². The summed E-state index contributed by atoms with van der Waals surface area (Å²) < 4.78 is 14.4. The van der Waals surface area contributed by atoms with Crippen LogP contribution >= 0.6 is 11.5 Å². The van der Waals surface area contributed by atoms with Crippen LogP contribution in [0.4, 0.5) is 0 Å². The Bertz CT molecular complexity index is 960. The van der Waals surface area contributed by atoms with Crippen LogP contribution in [0.5, 0.6) is 0 Å². The first kappa shape index (κ1) is 18.7. The van der Waals surface area contributed by atoms with E-state index in [-0.39, 0.29) is 5.91 Å². The monoisotopic (exact) mass is 403 g/mol. The molecule has 0 N–H and O–H groups in total. The summed E-state index contributed by atoms with van der Waals surface area (Å²) in [6.07, 6.45) is 0.881. The molecule has 4 rings (SSSR count). The SMILES string of the molecule is Cc1nnsc1C(=O)N1CCCN(Cc2noc(-c3c(C)noc3C)n2)CC1. The summed E-state index contributed by atoms with van der Waals surface area (Å²) in [6, 6.07) is 0.